The molecular formula is C7H17NOS. The van der Waals surface area contributed by atoms with Gasteiger partial charge in [-0.3, -0.25) is 4.21 Å². The van der Waals surface area contributed by atoms with Gasteiger partial charge in [0.05, 0.1) is 0 Å². The lowest BCUT2D eigenvalue weighted by molar-refractivity contribution is 0.354. The lowest BCUT2D eigenvalue weighted by Crippen LogP contribution is -2.20. The molecule has 0 N–H and O–H groups in total. The molecule has 0 bridgehead atoms. The normalized spacial score (nSPS) is 14.0. The van der Waals surface area contributed by atoms with Crippen molar-refractivity contribution < 1.29 is 4.21 Å². The van der Waals surface area contributed by atoms with E-state index in [2.05, 4.69) is 18.9 Å². The zero-order valence-corrected chi connectivity index (χ0v) is 7.91. The van der Waals surface area contributed by atoms with E-state index in [1.165, 1.54) is 0 Å². The van der Waals surface area contributed by atoms with E-state index < -0.39 is 10.8 Å². The third-order valence-corrected chi connectivity index (χ3v) is 2.38. The van der Waals surface area contributed by atoms with Crippen LogP contribution >= 0.6 is 0 Å². The Labute approximate surface area is 66.1 Å². The average Bonchev–Trinajstić information content (AvgIpc) is 1.87. The fraction of sp³-hybridized carbons (Fsp3) is 1.00. The van der Waals surface area contributed by atoms with Gasteiger partial charge in [0.1, 0.15) is 0 Å². The summed E-state index contributed by atoms with van der Waals surface area (Å²) in [7, 11) is 1.47. The maximum Gasteiger partial charge on any atom is 0.0244 e. The molecule has 10 heavy (non-hydrogen) atoms. The first-order valence-corrected chi connectivity index (χ1v) is 5.38. The fourth-order valence-corrected chi connectivity index (χ4v) is 1.23. The quantitative estimate of drug-likeness (QED) is 0.595. The molecule has 0 heterocycles. The van der Waals surface area contributed by atoms with Gasteiger partial charge in [-0.25, -0.2) is 0 Å². The molecule has 0 aliphatic rings. The van der Waals surface area contributed by atoms with Gasteiger partial charge in [0, 0.05) is 22.8 Å². The van der Waals surface area contributed by atoms with Gasteiger partial charge in [-0.1, -0.05) is 6.92 Å². The Morgan fingerprint density at radius 3 is 2.50 bits per heavy atom. The highest BCUT2D eigenvalue weighted by atomic mass is 32.2. The van der Waals surface area contributed by atoms with E-state index >= 15 is 0 Å². The molecule has 3 heteroatoms. The van der Waals surface area contributed by atoms with E-state index in [1.54, 1.807) is 6.26 Å². The number of hydrogen-bond acceptors (Lipinski definition) is 2. The Morgan fingerprint density at radius 1 is 1.50 bits per heavy atom. The summed E-state index contributed by atoms with van der Waals surface area (Å²) < 4.78 is 10.6. The van der Waals surface area contributed by atoms with Crippen LogP contribution in [0.5, 0.6) is 0 Å². The summed E-state index contributed by atoms with van der Waals surface area (Å²) in [6, 6.07) is 0. The third-order valence-electron chi connectivity index (χ3n) is 1.51. The summed E-state index contributed by atoms with van der Waals surface area (Å²) in [6.07, 6.45) is 2.80. The topological polar surface area (TPSA) is 20.3 Å². The minimum atomic E-state index is -0.611. The second-order valence-electron chi connectivity index (χ2n) is 2.53. The Hall–Kier alpha value is 0.110. The SMILES string of the molecule is CCN(C)CCCS(C)=O. The standard InChI is InChI=1S/C7H17NOS/c1-4-8(2)6-5-7-10(3)9/h4-7H2,1-3H3. The molecule has 0 aliphatic carbocycles. The van der Waals surface area contributed by atoms with E-state index in [1.807, 2.05) is 0 Å². The maximum atomic E-state index is 10.6. The molecule has 0 rings (SSSR count). The van der Waals surface area contributed by atoms with Crippen LogP contribution in [0, 0.1) is 0 Å². The smallest absolute Gasteiger partial charge is 0.0244 e. The van der Waals surface area contributed by atoms with Crippen molar-refractivity contribution in [2.45, 2.75) is 13.3 Å². The summed E-state index contributed by atoms with van der Waals surface area (Å²) in [5, 5.41) is 0. The van der Waals surface area contributed by atoms with Crippen molar-refractivity contribution in [3.8, 4) is 0 Å². The number of nitrogens with zero attached hydrogens (tertiary/aromatic N) is 1. The molecule has 62 valence electrons. The van der Waals surface area contributed by atoms with Gasteiger partial charge in [0.25, 0.3) is 0 Å². The molecule has 0 radical (unpaired) electrons. The van der Waals surface area contributed by atoms with Crippen molar-refractivity contribution in [1.29, 1.82) is 0 Å². The molecule has 0 amide bonds. The molecule has 0 aliphatic heterocycles. The summed E-state index contributed by atoms with van der Waals surface area (Å²) in [5.74, 6) is 0.838. The Bertz CT molecular complexity index is 106. The molecule has 0 fully saturated rings. The zero-order valence-electron chi connectivity index (χ0n) is 7.09. The van der Waals surface area contributed by atoms with Gasteiger partial charge in [-0.05, 0) is 26.6 Å². The van der Waals surface area contributed by atoms with Crippen LogP contribution in [0.2, 0.25) is 0 Å². The number of hydrogen-bond donors (Lipinski definition) is 0. The molecule has 0 aromatic heterocycles. The number of rotatable bonds is 5. The predicted molar refractivity (Wildman–Crippen MR) is 46.7 cm³/mol. The molecule has 0 saturated heterocycles. The van der Waals surface area contributed by atoms with Crippen LogP contribution in [0.15, 0.2) is 0 Å². The van der Waals surface area contributed by atoms with Crippen LogP contribution in [-0.4, -0.2) is 41.3 Å². The van der Waals surface area contributed by atoms with Gasteiger partial charge in [-0.15, -0.1) is 0 Å². The van der Waals surface area contributed by atoms with Crippen LogP contribution in [0.3, 0.4) is 0 Å². The van der Waals surface area contributed by atoms with E-state index in [9.17, 15) is 4.21 Å². The van der Waals surface area contributed by atoms with Crippen molar-refractivity contribution in [1.82, 2.24) is 4.90 Å². The largest absolute Gasteiger partial charge is 0.307 e. The summed E-state index contributed by atoms with van der Waals surface area (Å²) in [5.41, 5.74) is 0. The van der Waals surface area contributed by atoms with Gasteiger partial charge in [0.2, 0.25) is 0 Å². The molecule has 0 aromatic rings. The molecule has 1 atom stereocenters. The molecule has 0 spiro atoms. The van der Waals surface area contributed by atoms with Gasteiger partial charge < -0.3 is 4.90 Å². The van der Waals surface area contributed by atoms with E-state index in [4.69, 9.17) is 0 Å². The van der Waals surface area contributed by atoms with Crippen molar-refractivity contribution in [3.63, 3.8) is 0 Å². The van der Waals surface area contributed by atoms with E-state index in [-0.39, 0.29) is 0 Å². The first kappa shape index (κ1) is 10.1. The van der Waals surface area contributed by atoms with Crippen LogP contribution in [0.4, 0.5) is 0 Å². The highest BCUT2D eigenvalue weighted by Crippen LogP contribution is 1.88. The molecule has 0 saturated carbocycles. The highest BCUT2D eigenvalue weighted by molar-refractivity contribution is 7.84. The van der Waals surface area contributed by atoms with Crippen LogP contribution in [0.25, 0.3) is 0 Å². The van der Waals surface area contributed by atoms with Crippen LogP contribution in [0.1, 0.15) is 13.3 Å². The first-order valence-electron chi connectivity index (χ1n) is 3.65. The summed E-state index contributed by atoms with van der Waals surface area (Å²) in [6.45, 7) is 4.27. The molecule has 1 unspecified atom stereocenters. The van der Waals surface area contributed by atoms with Crippen molar-refractivity contribution in [2.24, 2.45) is 0 Å². The highest BCUT2D eigenvalue weighted by Gasteiger charge is 1.94. The molecule has 0 aromatic carbocycles. The lowest BCUT2D eigenvalue weighted by Gasteiger charge is -2.11. The van der Waals surface area contributed by atoms with E-state index in [0.29, 0.717) is 0 Å². The monoisotopic (exact) mass is 163 g/mol. The van der Waals surface area contributed by atoms with Gasteiger partial charge in [-0.2, -0.15) is 0 Å². The second kappa shape index (κ2) is 5.86. The van der Waals surface area contributed by atoms with E-state index in [0.717, 1.165) is 25.3 Å². The second-order valence-corrected chi connectivity index (χ2v) is 4.08. The average molecular weight is 163 g/mol. The van der Waals surface area contributed by atoms with Gasteiger partial charge >= 0.3 is 0 Å². The molecule has 2 nitrogen and oxygen atoms in total. The Kier molecular flexibility index (Phi) is 5.93. The Morgan fingerprint density at radius 2 is 2.10 bits per heavy atom. The fourth-order valence-electron chi connectivity index (χ4n) is 0.696. The third kappa shape index (κ3) is 6.23. The van der Waals surface area contributed by atoms with Crippen molar-refractivity contribution in [2.75, 3.05) is 32.1 Å². The van der Waals surface area contributed by atoms with Crippen LogP contribution < -0.4 is 0 Å². The van der Waals surface area contributed by atoms with Gasteiger partial charge in [0.15, 0.2) is 0 Å². The van der Waals surface area contributed by atoms with Crippen LogP contribution in [-0.2, 0) is 10.8 Å². The minimum absolute atomic E-state index is 0.611. The van der Waals surface area contributed by atoms with Crippen molar-refractivity contribution >= 4 is 10.8 Å². The molecular weight excluding hydrogens is 146 g/mol. The lowest BCUT2D eigenvalue weighted by atomic mass is 10.4. The maximum absolute atomic E-state index is 10.6. The summed E-state index contributed by atoms with van der Waals surface area (Å²) >= 11 is 0. The first-order chi connectivity index (χ1) is 4.66. The zero-order chi connectivity index (χ0) is 7.98. The Balaban J connectivity index is 3.11. The predicted octanol–water partition coefficient (Wildman–Crippen LogP) is 0.707. The summed E-state index contributed by atoms with van der Waals surface area (Å²) in [4.78, 5) is 2.23. The minimum Gasteiger partial charge on any atom is -0.307 e. The van der Waals surface area contributed by atoms with Crippen molar-refractivity contribution in [3.05, 3.63) is 0 Å².